The number of hydrogen-bond donors (Lipinski definition) is 2. The second-order valence-corrected chi connectivity index (χ2v) is 5.94. The molecule has 1 atom stereocenters. The lowest BCUT2D eigenvalue weighted by molar-refractivity contribution is 0.201. The monoisotopic (exact) mass is 269 g/mol. The molecule has 1 unspecified atom stereocenters. The number of anilines is 1. The highest BCUT2D eigenvalue weighted by atomic mass is 19.1. The molecule has 0 amide bonds. The van der Waals surface area contributed by atoms with Gasteiger partial charge >= 0.3 is 0 Å². The smallest absolute Gasteiger partial charge is 0.170 e. The van der Waals surface area contributed by atoms with Gasteiger partial charge in [-0.25, -0.2) is 9.37 Å². The van der Waals surface area contributed by atoms with Crippen molar-refractivity contribution < 1.29 is 9.50 Å². The SMILES string of the molecule is CC(O)CN(C)c1nccc(CNC(C)(C)C)c1F. The second-order valence-electron chi connectivity index (χ2n) is 5.94. The Bertz CT molecular complexity index is 416. The van der Waals surface area contributed by atoms with E-state index in [9.17, 15) is 9.50 Å². The van der Waals surface area contributed by atoms with Gasteiger partial charge < -0.3 is 15.3 Å². The van der Waals surface area contributed by atoms with Crippen LogP contribution in [0.3, 0.4) is 0 Å². The van der Waals surface area contributed by atoms with Crippen molar-refractivity contribution in [1.82, 2.24) is 10.3 Å². The third kappa shape index (κ3) is 5.12. The highest BCUT2D eigenvalue weighted by molar-refractivity contribution is 5.42. The number of halogens is 1. The minimum Gasteiger partial charge on any atom is -0.392 e. The van der Waals surface area contributed by atoms with Crippen LogP contribution in [-0.2, 0) is 6.54 Å². The van der Waals surface area contributed by atoms with Gasteiger partial charge in [-0.3, -0.25) is 0 Å². The third-order valence-electron chi connectivity index (χ3n) is 2.66. The van der Waals surface area contributed by atoms with Gasteiger partial charge in [0.1, 0.15) is 0 Å². The number of rotatable bonds is 5. The number of aliphatic hydroxyl groups is 1. The van der Waals surface area contributed by atoms with E-state index in [1.54, 1.807) is 31.1 Å². The van der Waals surface area contributed by atoms with Crippen LogP contribution in [0, 0.1) is 5.82 Å². The molecular formula is C14H24FN3O. The Morgan fingerprint density at radius 2 is 2.11 bits per heavy atom. The van der Waals surface area contributed by atoms with Gasteiger partial charge in [0.05, 0.1) is 6.10 Å². The van der Waals surface area contributed by atoms with Crippen molar-refractivity contribution in [2.24, 2.45) is 0 Å². The van der Waals surface area contributed by atoms with Gasteiger partial charge in [0, 0.05) is 37.4 Å². The number of aliphatic hydroxyl groups excluding tert-OH is 1. The normalized spacial score (nSPS) is 13.4. The number of nitrogens with one attached hydrogen (secondary N) is 1. The molecule has 1 rings (SSSR count). The molecule has 0 spiro atoms. The Kier molecular flexibility index (Phi) is 5.26. The zero-order chi connectivity index (χ0) is 14.6. The van der Waals surface area contributed by atoms with E-state index < -0.39 is 6.10 Å². The molecular weight excluding hydrogens is 245 g/mol. The standard InChI is InChI=1S/C14H24FN3O/c1-10(19)9-18(5)13-12(15)11(6-7-16-13)8-17-14(2,3)4/h6-7,10,17,19H,8-9H2,1-5H3. The molecule has 0 radical (unpaired) electrons. The Balaban J connectivity index is 2.86. The van der Waals surface area contributed by atoms with Crippen LogP contribution in [0.2, 0.25) is 0 Å². The summed E-state index contributed by atoms with van der Waals surface area (Å²) >= 11 is 0. The van der Waals surface area contributed by atoms with E-state index >= 15 is 0 Å². The van der Waals surface area contributed by atoms with Crippen LogP contribution in [0.4, 0.5) is 10.2 Å². The minimum absolute atomic E-state index is 0.0681. The first-order chi connectivity index (χ1) is 8.70. The highest BCUT2D eigenvalue weighted by Gasteiger charge is 2.16. The zero-order valence-electron chi connectivity index (χ0n) is 12.4. The van der Waals surface area contributed by atoms with Gasteiger partial charge in [-0.15, -0.1) is 0 Å². The summed E-state index contributed by atoms with van der Waals surface area (Å²) in [5, 5.41) is 12.6. The molecule has 5 heteroatoms. The fourth-order valence-corrected chi connectivity index (χ4v) is 1.72. The summed E-state index contributed by atoms with van der Waals surface area (Å²) in [4.78, 5) is 5.67. The van der Waals surface area contributed by atoms with Crippen LogP contribution in [0.5, 0.6) is 0 Å². The van der Waals surface area contributed by atoms with Gasteiger partial charge in [-0.2, -0.15) is 0 Å². The number of aromatic nitrogens is 1. The zero-order valence-corrected chi connectivity index (χ0v) is 12.4. The van der Waals surface area contributed by atoms with Crippen LogP contribution in [-0.4, -0.2) is 35.3 Å². The highest BCUT2D eigenvalue weighted by Crippen LogP contribution is 2.19. The molecule has 0 aromatic carbocycles. The van der Waals surface area contributed by atoms with Crippen molar-refractivity contribution in [1.29, 1.82) is 0 Å². The summed E-state index contributed by atoms with van der Waals surface area (Å²) in [5.41, 5.74) is 0.513. The molecule has 1 aromatic heterocycles. The fraction of sp³-hybridized carbons (Fsp3) is 0.643. The summed E-state index contributed by atoms with van der Waals surface area (Å²) in [6.45, 7) is 8.57. The Labute approximate surface area is 114 Å². The van der Waals surface area contributed by atoms with Crippen molar-refractivity contribution in [3.63, 3.8) is 0 Å². The van der Waals surface area contributed by atoms with Crippen molar-refractivity contribution >= 4 is 5.82 Å². The molecule has 1 heterocycles. The van der Waals surface area contributed by atoms with Gasteiger partial charge in [0.25, 0.3) is 0 Å². The van der Waals surface area contributed by atoms with Crippen LogP contribution in [0.15, 0.2) is 12.3 Å². The molecule has 0 bridgehead atoms. The van der Waals surface area contributed by atoms with E-state index in [1.807, 2.05) is 20.8 Å². The lowest BCUT2D eigenvalue weighted by Gasteiger charge is -2.23. The number of pyridine rings is 1. The molecule has 0 aliphatic carbocycles. The molecule has 1 aromatic rings. The van der Waals surface area contributed by atoms with E-state index in [0.717, 1.165) is 0 Å². The summed E-state index contributed by atoms with van der Waals surface area (Å²) < 4.78 is 14.3. The average Bonchev–Trinajstić information content (AvgIpc) is 2.25. The predicted octanol–water partition coefficient (Wildman–Crippen LogP) is 1.93. The summed E-state index contributed by atoms with van der Waals surface area (Å²) in [6, 6.07) is 1.67. The Morgan fingerprint density at radius 1 is 1.47 bits per heavy atom. The first kappa shape index (κ1) is 15.9. The van der Waals surface area contributed by atoms with Crippen molar-refractivity contribution in [3.05, 3.63) is 23.6 Å². The maximum absolute atomic E-state index is 14.3. The molecule has 2 N–H and O–H groups in total. The third-order valence-corrected chi connectivity index (χ3v) is 2.66. The van der Waals surface area contributed by atoms with Crippen molar-refractivity contribution in [2.75, 3.05) is 18.5 Å². The van der Waals surface area contributed by atoms with Gasteiger partial charge in [0.15, 0.2) is 11.6 Å². The maximum Gasteiger partial charge on any atom is 0.170 e. The van der Waals surface area contributed by atoms with Gasteiger partial charge in [-0.1, -0.05) is 0 Å². The van der Waals surface area contributed by atoms with Crippen LogP contribution in [0.1, 0.15) is 33.3 Å². The maximum atomic E-state index is 14.3. The summed E-state index contributed by atoms with van der Waals surface area (Å²) in [6.07, 6.45) is 1.07. The fourth-order valence-electron chi connectivity index (χ4n) is 1.72. The van der Waals surface area contributed by atoms with Gasteiger partial charge in [-0.05, 0) is 33.8 Å². The Morgan fingerprint density at radius 3 is 2.63 bits per heavy atom. The predicted molar refractivity (Wildman–Crippen MR) is 75.7 cm³/mol. The molecule has 108 valence electrons. The lowest BCUT2D eigenvalue weighted by atomic mass is 10.1. The first-order valence-corrected chi connectivity index (χ1v) is 6.48. The van der Waals surface area contributed by atoms with Crippen LogP contribution in [0.25, 0.3) is 0 Å². The number of nitrogens with zero attached hydrogens (tertiary/aromatic N) is 2. The van der Waals surface area contributed by atoms with E-state index in [1.165, 1.54) is 0 Å². The largest absolute Gasteiger partial charge is 0.392 e. The average molecular weight is 269 g/mol. The quantitative estimate of drug-likeness (QED) is 0.857. The minimum atomic E-state index is -0.525. The van der Waals surface area contributed by atoms with Crippen molar-refractivity contribution in [3.8, 4) is 0 Å². The second kappa shape index (κ2) is 6.30. The molecule has 4 nitrogen and oxygen atoms in total. The van der Waals surface area contributed by atoms with E-state index in [0.29, 0.717) is 18.7 Å². The molecule has 0 aliphatic heterocycles. The summed E-state index contributed by atoms with van der Waals surface area (Å²) in [5.74, 6) is -0.0588. The number of likely N-dealkylation sites (N-methyl/N-ethyl adjacent to an activating group) is 1. The first-order valence-electron chi connectivity index (χ1n) is 6.48. The topological polar surface area (TPSA) is 48.4 Å². The summed E-state index contributed by atoms with van der Waals surface area (Å²) in [7, 11) is 1.72. The molecule has 0 saturated carbocycles. The van der Waals surface area contributed by atoms with Crippen LogP contribution >= 0.6 is 0 Å². The van der Waals surface area contributed by atoms with Crippen molar-refractivity contribution in [2.45, 2.75) is 45.9 Å². The van der Waals surface area contributed by atoms with Gasteiger partial charge in [0.2, 0.25) is 0 Å². The van der Waals surface area contributed by atoms with E-state index in [-0.39, 0.29) is 17.2 Å². The van der Waals surface area contributed by atoms with E-state index in [4.69, 9.17) is 0 Å². The Hall–Kier alpha value is -1.20. The molecule has 0 fully saturated rings. The molecule has 0 saturated heterocycles. The van der Waals surface area contributed by atoms with Crippen LogP contribution < -0.4 is 10.2 Å². The molecule has 0 aliphatic rings. The van der Waals surface area contributed by atoms with E-state index in [2.05, 4.69) is 10.3 Å². The molecule has 19 heavy (non-hydrogen) atoms. The lowest BCUT2D eigenvalue weighted by Crippen LogP contribution is -2.35. The number of hydrogen-bond acceptors (Lipinski definition) is 4.